The summed E-state index contributed by atoms with van der Waals surface area (Å²) in [5.41, 5.74) is 3.61. The van der Waals surface area contributed by atoms with Gasteiger partial charge in [-0.15, -0.1) is 0 Å². The Balaban J connectivity index is 1.71. The van der Waals surface area contributed by atoms with Gasteiger partial charge < -0.3 is 10.2 Å². The summed E-state index contributed by atoms with van der Waals surface area (Å²) in [6.45, 7) is 0.834. The molecule has 1 heterocycles. The van der Waals surface area contributed by atoms with Gasteiger partial charge in [0.1, 0.15) is 0 Å². The topological polar surface area (TPSA) is 27.6 Å². The zero-order chi connectivity index (χ0) is 14.7. The van der Waals surface area contributed by atoms with E-state index in [1.807, 2.05) is 6.07 Å². The van der Waals surface area contributed by atoms with Gasteiger partial charge in [0, 0.05) is 14.1 Å². The maximum Gasteiger partial charge on any atom is 0.161 e. The zero-order valence-electron chi connectivity index (χ0n) is 12.3. The van der Waals surface area contributed by atoms with E-state index in [0.717, 1.165) is 17.4 Å². The first-order valence-electron chi connectivity index (χ1n) is 7.03. The van der Waals surface area contributed by atoms with Crippen molar-refractivity contribution in [2.45, 2.75) is 5.25 Å². The van der Waals surface area contributed by atoms with Crippen molar-refractivity contribution < 1.29 is 0 Å². The average molecular weight is 297 g/mol. The molecule has 0 saturated heterocycles. The van der Waals surface area contributed by atoms with Crippen LogP contribution in [0.3, 0.4) is 0 Å². The van der Waals surface area contributed by atoms with Crippen molar-refractivity contribution in [2.75, 3.05) is 30.9 Å². The van der Waals surface area contributed by atoms with E-state index in [1.54, 1.807) is 11.8 Å². The van der Waals surface area contributed by atoms with Crippen molar-refractivity contribution in [3.63, 3.8) is 0 Å². The van der Waals surface area contributed by atoms with E-state index >= 15 is 0 Å². The number of anilines is 2. The van der Waals surface area contributed by atoms with E-state index in [0.29, 0.717) is 5.25 Å². The SMILES string of the molecule is CN(C)c1ccccc1NC1=NCC(c2ccccc2)S1. The lowest BCUT2D eigenvalue weighted by molar-refractivity contribution is 0.966. The maximum absolute atomic E-state index is 4.64. The fraction of sp³-hybridized carbons (Fsp3) is 0.235. The standard InChI is InChI=1S/C17H19N3S/c1-20(2)15-11-7-6-10-14(15)19-17-18-12-16(21-17)13-8-4-3-5-9-13/h3-11,16H,12H2,1-2H3,(H,18,19). The number of nitrogens with one attached hydrogen (secondary N) is 1. The summed E-state index contributed by atoms with van der Waals surface area (Å²) in [4.78, 5) is 6.75. The molecule has 0 amide bonds. The van der Waals surface area contributed by atoms with Crippen LogP contribution >= 0.6 is 11.8 Å². The number of aliphatic imine (C=N–C) groups is 1. The Morgan fingerprint density at radius 2 is 1.76 bits per heavy atom. The third kappa shape index (κ3) is 3.22. The number of amidine groups is 1. The summed E-state index contributed by atoms with van der Waals surface area (Å²) < 4.78 is 0. The van der Waals surface area contributed by atoms with E-state index in [-0.39, 0.29) is 0 Å². The van der Waals surface area contributed by atoms with Gasteiger partial charge in [-0.3, -0.25) is 4.99 Å². The monoisotopic (exact) mass is 297 g/mol. The molecular weight excluding hydrogens is 278 g/mol. The molecule has 4 heteroatoms. The number of rotatable bonds is 3. The lowest BCUT2D eigenvalue weighted by Crippen LogP contribution is -2.13. The van der Waals surface area contributed by atoms with Gasteiger partial charge in [0.25, 0.3) is 0 Å². The summed E-state index contributed by atoms with van der Waals surface area (Å²) in [6.07, 6.45) is 0. The third-order valence-electron chi connectivity index (χ3n) is 3.45. The number of thioether (sulfide) groups is 1. The van der Waals surface area contributed by atoms with Crippen LogP contribution in [0.2, 0.25) is 0 Å². The highest BCUT2D eigenvalue weighted by molar-refractivity contribution is 8.14. The molecular formula is C17H19N3S. The first kappa shape index (κ1) is 14.0. The van der Waals surface area contributed by atoms with Crippen molar-refractivity contribution in [3.8, 4) is 0 Å². The lowest BCUT2D eigenvalue weighted by Gasteiger charge is -2.18. The molecule has 0 aromatic heterocycles. The molecule has 1 N–H and O–H groups in total. The Bertz CT molecular complexity index is 637. The number of benzene rings is 2. The largest absolute Gasteiger partial charge is 0.376 e. The highest BCUT2D eigenvalue weighted by atomic mass is 32.2. The van der Waals surface area contributed by atoms with Crippen LogP contribution in [0, 0.1) is 0 Å². The molecule has 0 bridgehead atoms. The first-order valence-corrected chi connectivity index (χ1v) is 7.91. The van der Waals surface area contributed by atoms with Crippen LogP contribution < -0.4 is 10.2 Å². The van der Waals surface area contributed by atoms with Crippen LogP contribution in [0.5, 0.6) is 0 Å². The number of hydrogen-bond donors (Lipinski definition) is 1. The normalized spacial score (nSPS) is 17.4. The Labute approximate surface area is 130 Å². The minimum Gasteiger partial charge on any atom is -0.376 e. The quantitative estimate of drug-likeness (QED) is 0.927. The summed E-state index contributed by atoms with van der Waals surface area (Å²) in [5, 5.41) is 4.88. The molecule has 108 valence electrons. The van der Waals surface area contributed by atoms with Gasteiger partial charge in [-0.1, -0.05) is 54.2 Å². The fourth-order valence-electron chi connectivity index (χ4n) is 2.37. The molecule has 1 atom stereocenters. The zero-order valence-corrected chi connectivity index (χ0v) is 13.1. The van der Waals surface area contributed by atoms with Crippen molar-refractivity contribution in [3.05, 3.63) is 60.2 Å². The molecule has 0 aliphatic carbocycles. The van der Waals surface area contributed by atoms with Gasteiger partial charge in [0.15, 0.2) is 5.17 Å². The molecule has 0 saturated carbocycles. The molecule has 0 spiro atoms. The second kappa shape index (κ2) is 6.22. The fourth-order valence-corrected chi connectivity index (χ4v) is 3.40. The second-order valence-electron chi connectivity index (χ2n) is 5.20. The van der Waals surface area contributed by atoms with Gasteiger partial charge in [0.05, 0.1) is 23.2 Å². The molecule has 1 aliphatic rings. The smallest absolute Gasteiger partial charge is 0.161 e. The van der Waals surface area contributed by atoms with E-state index < -0.39 is 0 Å². The molecule has 2 aromatic carbocycles. The van der Waals surface area contributed by atoms with E-state index in [4.69, 9.17) is 0 Å². The molecule has 2 aromatic rings. The molecule has 0 fully saturated rings. The molecule has 21 heavy (non-hydrogen) atoms. The van der Waals surface area contributed by atoms with E-state index in [2.05, 4.69) is 77.8 Å². The van der Waals surface area contributed by atoms with Gasteiger partial charge in [0.2, 0.25) is 0 Å². The summed E-state index contributed by atoms with van der Waals surface area (Å²) in [6, 6.07) is 18.9. The number of nitrogens with zero attached hydrogens (tertiary/aromatic N) is 2. The second-order valence-corrected chi connectivity index (χ2v) is 6.39. The summed E-state index contributed by atoms with van der Waals surface area (Å²) in [5.74, 6) is 0. The average Bonchev–Trinajstić information content (AvgIpc) is 2.97. The minimum atomic E-state index is 0.417. The summed E-state index contributed by atoms with van der Waals surface area (Å²) in [7, 11) is 4.10. The molecule has 0 radical (unpaired) electrons. The van der Waals surface area contributed by atoms with Crippen LogP contribution in [-0.2, 0) is 0 Å². The molecule has 1 aliphatic heterocycles. The van der Waals surface area contributed by atoms with E-state index in [1.165, 1.54) is 11.3 Å². The van der Waals surface area contributed by atoms with Crippen LogP contribution in [0.25, 0.3) is 0 Å². The Morgan fingerprint density at radius 1 is 1.05 bits per heavy atom. The van der Waals surface area contributed by atoms with Crippen molar-refractivity contribution in [2.24, 2.45) is 4.99 Å². The van der Waals surface area contributed by atoms with Crippen molar-refractivity contribution in [1.82, 2.24) is 0 Å². The predicted molar refractivity (Wildman–Crippen MR) is 93.5 cm³/mol. The molecule has 3 rings (SSSR count). The van der Waals surface area contributed by atoms with E-state index in [9.17, 15) is 0 Å². The van der Waals surface area contributed by atoms with Crippen LogP contribution in [0.15, 0.2) is 59.6 Å². The molecule has 1 unspecified atom stereocenters. The Morgan fingerprint density at radius 3 is 2.52 bits per heavy atom. The molecule has 3 nitrogen and oxygen atoms in total. The van der Waals surface area contributed by atoms with Crippen LogP contribution in [0.4, 0.5) is 11.4 Å². The van der Waals surface area contributed by atoms with Crippen LogP contribution in [0.1, 0.15) is 10.8 Å². The van der Waals surface area contributed by atoms with Gasteiger partial charge >= 0.3 is 0 Å². The maximum atomic E-state index is 4.64. The third-order valence-corrected chi connectivity index (χ3v) is 4.61. The predicted octanol–water partition coefficient (Wildman–Crippen LogP) is 4.01. The highest BCUT2D eigenvalue weighted by Gasteiger charge is 2.21. The van der Waals surface area contributed by atoms with Crippen molar-refractivity contribution >= 4 is 28.3 Å². The Hall–Kier alpha value is -1.94. The summed E-state index contributed by atoms with van der Waals surface area (Å²) >= 11 is 1.80. The van der Waals surface area contributed by atoms with Gasteiger partial charge in [-0.2, -0.15) is 0 Å². The van der Waals surface area contributed by atoms with Crippen LogP contribution in [-0.4, -0.2) is 25.8 Å². The lowest BCUT2D eigenvalue weighted by atomic mass is 10.1. The Kier molecular flexibility index (Phi) is 4.15. The number of hydrogen-bond acceptors (Lipinski definition) is 4. The van der Waals surface area contributed by atoms with Gasteiger partial charge in [-0.05, 0) is 17.7 Å². The van der Waals surface area contributed by atoms with Gasteiger partial charge in [-0.25, -0.2) is 0 Å². The highest BCUT2D eigenvalue weighted by Crippen LogP contribution is 2.36. The first-order chi connectivity index (χ1) is 10.2. The number of para-hydroxylation sites is 2. The minimum absolute atomic E-state index is 0.417. The van der Waals surface area contributed by atoms with Crippen molar-refractivity contribution in [1.29, 1.82) is 0 Å².